The highest BCUT2D eigenvalue weighted by molar-refractivity contribution is 5.68. The molecule has 3 N–H and O–H groups in total. The Kier molecular flexibility index (Phi) is 5.39. The minimum Gasteiger partial charge on any atom is -0.493 e. The summed E-state index contributed by atoms with van der Waals surface area (Å²) in [6, 6.07) is 2.68. The van der Waals surface area contributed by atoms with E-state index in [4.69, 9.17) is 15.2 Å². The van der Waals surface area contributed by atoms with Crippen LogP contribution in [0.25, 0.3) is 0 Å². The molecule has 0 radical (unpaired) electrons. The van der Waals surface area contributed by atoms with Crippen LogP contribution in [0, 0.1) is 10.1 Å². The monoisotopic (exact) mass is 285 g/mol. The molecular formula is C11H15N3O6. The minimum absolute atomic E-state index is 0.0131. The number of methoxy groups -OCH3 is 2. The first-order valence-electron chi connectivity index (χ1n) is 5.56. The van der Waals surface area contributed by atoms with Gasteiger partial charge in [-0.15, -0.1) is 0 Å². The lowest BCUT2D eigenvalue weighted by Gasteiger charge is -2.12. The number of anilines is 1. The molecule has 1 aromatic carbocycles. The lowest BCUT2D eigenvalue weighted by Crippen LogP contribution is -2.18. The number of nitro groups is 1. The van der Waals surface area contributed by atoms with Crippen molar-refractivity contribution in [3.8, 4) is 11.5 Å². The topological polar surface area (TPSA) is 126 Å². The van der Waals surface area contributed by atoms with E-state index in [1.165, 1.54) is 26.4 Å². The molecule has 0 saturated heterocycles. The molecule has 0 aliphatic heterocycles. The van der Waals surface area contributed by atoms with Gasteiger partial charge in [-0.25, -0.2) is 4.79 Å². The Labute approximate surface area is 114 Å². The number of carbonyl (C=O) groups excluding carboxylic acids is 1. The first kappa shape index (κ1) is 15.3. The van der Waals surface area contributed by atoms with Crippen molar-refractivity contribution < 1.29 is 23.9 Å². The summed E-state index contributed by atoms with van der Waals surface area (Å²) >= 11 is 0. The van der Waals surface area contributed by atoms with Crippen LogP contribution in [0.1, 0.15) is 0 Å². The molecule has 0 unspecified atom stereocenters. The fourth-order valence-corrected chi connectivity index (χ4v) is 1.50. The van der Waals surface area contributed by atoms with Crippen molar-refractivity contribution in [2.75, 3.05) is 32.7 Å². The van der Waals surface area contributed by atoms with Gasteiger partial charge in [0.2, 0.25) is 0 Å². The summed E-state index contributed by atoms with van der Waals surface area (Å²) in [5.41, 5.74) is 4.84. The van der Waals surface area contributed by atoms with Crippen molar-refractivity contribution in [1.29, 1.82) is 0 Å². The van der Waals surface area contributed by atoms with E-state index in [0.717, 1.165) is 0 Å². The average Bonchev–Trinajstić information content (AvgIpc) is 2.42. The number of primary amides is 1. The van der Waals surface area contributed by atoms with Gasteiger partial charge in [-0.05, 0) is 0 Å². The van der Waals surface area contributed by atoms with Crippen molar-refractivity contribution >= 4 is 17.5 Å². The van der Waals surface area contributed by atoms with E-state index < -0.39 is 11.0 Å². The fourth-order valence-electron chi connectivity index (χ4n) is 1.50. The largest absolute Gasteiger partial charge is 0.493 e. The van der Waals surface area contributed by atoms with Gasteiger partial charge in [0.1, 0.15) is 12.3 Å². The second kappa shape index (κ2) is 7.02. The summed E-state index contributed by atoms with van der Waals surface area (Å²) in [7, 11) is 2.80. The maximum atomic E-state index is 11.0. The highest BCUT2D eigenvalue weighted by Crippen LogP contribution is 2.37. The molecule has 0 atom stereocenters. The number of hydrogen-bond donors (Lipinski definition) is 2. The molecule has 0 saturated carbocycles. The molecule has 1 amide bonds. The Morgan fingerprint density at radius 2 is 1.95 bits per heavy atom. The second-order valence-corrected chi connectivity index (χ2v) is 3.58. The predicted molar refractivity (Wildman–Crippen MR) is 70.2 cm³/mol. The van der Waals surface area contributed by atoms with Gasteiger partial charge in [0.15, 0.2) is 11.5 Å². The number of nitrogens with zero attached hydrogens (tertiary/aromatic N) is 1. The van der Waals surface area contributed by atoms with E-state index in [-0.39, 0.29) is 30.3 Å². The maximum absolute atomic E-state index is 11.0. The minimum atomic E-state index is -0.909. The molecule has 110 valence electrons. The molecule has 0 heterocycles. The number of amides is 1. The van der Waals surface area contributed by atoms with Crippen LogP contribution in [-0.2, 0) is 4.74 Å². The predicted octanol–water partition coefficient (Wildman–Crippen LogP) is 1.12. The summed E-state index contributed by atoms with van der Waals surface area (Å²) in [6.45, 7) is 0.153. The molecule has 0 fully saturated rings. The van der Waals surface area contributed by atoms with Crippen LogP contribution in [0.2, 0.25) is 0 Å². The zero-order valence-corrected chi connectivity index (χ0v) is 11.0. The van der Waals surface area contributed by atoms with Gasteiger partial charge < -0.3 is 25.3 Å². The maximum Gasteiger partial charge on any atom is 0.404 e. The molecule has 0 aliphatic carbocycles. The van der Waals surface area contributed by atoms with E-state index in [1.54, 1.807) is 0 Å². The highest BCUT2D eigenvalue weighted by atomic mass is 16.6. The number of nitrogens with one attached hydrogen (secondary N) is 1. The number of hydrogen-bond acceptors (Lipinski definition) is 7. The van der Waals surface area contributed by atoms with E-state index >= 15 is 0 Å². The van der Waals surface area contributed by atoms with Crippen LogP contribution >= 0.6 is 0 Å². The Balaban J connectivity index is 2.92. The molecular weight excluding hydrogens is 270 g/mol. The SMILES string of the molecule is COc1cc(NCCOC(N)=O)c([N+](=O)[O-])cc1OC. The van der Waals surface area contributed by atoms with Crippen molar-refractivity contribution in [1.82, 2.24) is 0 Å². The van der Waals surface area contributed by atoms with Gasteiger partial charge in [-0.2, -0.15) is 0 Å². The number of benzene rings is 1. The Morgan fingerprint density at radius 1 is 1.35 bits per heavy atom. The van der Waals surface area contributed by atoms with E-state index in [1.807, 2.05) is 0 Å². The van der Waals surface area contributed by atoms with Crippen LogP contribution in [0.3, 0.4) is 0 Å². The summed E-state index contributed by atoms with van der Waals surface area (Å²) in [5, 5.41) is 13.8. The van der Waals surface area contributed by atoms with Gasteiger partial charge in [-0.3, -0.25) is 10.1 Å². The molecule has 20 heavy (non-hydrogen) atoms. The third-order valence-corrected chi connectivity index (χ3v) is 2.36. The molecule has 0 bridgehead atoms. The molecule has 9 nitrogen and oxygen atoms in total. The summed E-state index contributed by atoms with van der Waals surface area (Å²) in [4.78, 5) is 20.8. The van der Waals surface area contributed by atoms with Crippen LogP contribution in [0.4, 0.5) is 16.2 Å². The fraction of sp³-hybridized carbons (Fsp3) is 0.364. The van der Waals surface area contributed by atoms with Gasteiger partial charge in [0, 0.05) is 12.6 Å². The number of ether oxygens (including phenoxy) is 3. The number of rotatable bonds is 7. The Bertz CT molecular complexity index is 505. The number of nitro benzene ring substituents is 1. The van der Waals surface area contributed by atoms with Gasteiger partial charge in [0.25, 0.3) is 5.69 Å². The number of carbonyl (C=O) groups is 1. The third kappa shape index (κ3) is 3.90. The van der Waals surface area contributed by atoms with Gasteiger partial charge >= 0.3 is 6.09 Å². The van der Waals surface area contributed by atoms with Crippen molar-refractivity contribution in [3.05, 3.63) is 22.2 Å². The number of nitrogens with two attached hydrogens (primary N) is 1. The first-order valence-corrected chi connectivity index (χ1v) is 5.56. The van der Waals surface area contributed by atoms with Crippen LogP contribution in [0.15, 0.2) is 12.1 Å². The summed E-state index contributed by atoms with van der Waals surface area (Å²) in [5.74, 6) is 0.592. The van der Waals surface area contributed by atoms with Crippen molar-refractivity contribution in [3.63, 3.8) is 0 Å². The van der Waals surface area contributed by atoms with Crippen molar-refractivity contribution in [2.45, 2.75) is 0 Å². The summed E-state index contributed by atoms with van der Waals surface area (Å²) in [6.07, 6.45) is -0.909. The average molecular weight is 285 g/mol. The summed E-state index contributed by atoms with van der Waals surface area (Å²) < 4.78 is 14.6. The third-order valence-electron chi connectivity index (χ3n) is 2.36. The Hall–Kier alpha value is -2.71. The van der Waals surface area contributed by atoms with Crippen LogP contribution in [-0.4, -0.2) is 38.4 Å². The molecule has 9 heteroatoms. The standard InChI is InChI=1S/C11H15N3O6/c1-18-9-5-7(13-3-4-20-11(12)15)8(14(16)17)6-10(9)19-2/h5-6,13H,3-4H2,1-2H3,(H2,12,15). The molecule has 1 rings (SSSR count). The van der Waals surface area contributed by atoms with Crippen molar-refractivity contribution in [2.24, 2.45) is 5.73 Å². The zero-order chi connectivity index (χ0) is 15.1. The van der Waals surface area contributed by atoms with E-state index in [0.29, 0.717) is 5.75 Å². The van der Waals surface area contributed by atoms with E-state index in [2.05, 4.69) is 10.1 Å². The van der Waals surface area contributed by atoms with Crippen LogP contribution < -0.4 is 20.5 Å². The zero-order valence-electron chi connectivity index (χ0n) is 11.0. The quantitative estimate of drug-likeness (QED) is 0.436. The lowest BCUT2D eigenvalue weighted by atomic mass is 10.2. The molecule has 0 aliphatic rings. The Morgan fingerprint density at radius 3 is 2.45 bits per heavy atom. The normalized spacial score (nSPS) is 9.70. The van der Waals surface area contributed by atoms with E-state index in [9.17, 15) is 14.9 Å². The second-order valence-electron chi connectivity index (χ2n) is 3.58. The molecule has 1 aromatic rings. The first-order chi connectivity index (χ1) is 9.49. The molecule has 0 spiro atoms. The highest BCUT2D eigenvalue weighted by Gasteiger charge is 2.19. The van der Waals surface area contributed by atoms with Gasteiger partial charge in [0.05, 0.1) is 25.2 Å². The molecule has 0 aromatic heterocycles. The lowest BCUT2D eigenvalue weighted by molar-refractivity contribution is -0.384. The smallest absolute Gasteiger partial charge is 0.404 e. The van der Waals surface area contributed by atoms with Gasteiger partial charge in [-0.1, -0.05) is 0 Å². The van der Waals surface area contributed by atoms with Crippen LogP contribution in [0.5, 0.6) is 11.5 Å².